The highest BCUT2D eigenvalue weighted by Crippen LogP contribution is 2.36. The molecule has 27 heavy (non-hydrogen) atoms. The molecule has 0 amide bonds. The summed E-state index contributed by atoms with van der Waals surface area (Å²) in [7, 11) is 0. The van der Waals surface area contributed by atoms with Crippen molar-refractivity contribution in [3.05, 3.63) is 36.7 Å². The van der Waals surface area contributed by atoms with E-state index in [0.717, 1.165) is 43.3 Å². The first-order valence-corrected chi connectivity index (χ1v) is 9.62. The van der Waals surface area contributed by atoms with Crippen molar-refractivity contribution in [2.45, 2.75) is 31.0 Å². The van der Waals surface area contributed by atoms with Gasteiger partial charge in [-0.2, -0.15) is 0 Å². The van der Waals surface area contributed by atoms with E-state index in [4.69, 9.17) is 14.6 Å². The predicted molar refractivity (Wildman–Crippen MR) is 101 cm³/mol. The fourth-order valence-electron chi connectivity index (χ4n) is 4.19. The van der Waals surface area contributed by atoms with Crippen molar-refractivity contribution in [3.8, 4) is 17.1 Å². The van der Waals surface area contributed by atoms with Crippen LogP contribution in [-0.4, -0.2) is 76.3 Å². The lowest BCUT2D eigenvalue weighted by Crippen LogP contribution is -2.46. The maximum atomic E-state index is 9.17. The molecule has 0 unspecified atom stereocenters. The van der Waals surface area contributed by atoms with E-state index < -0.39 is 0 Å². The average molecular weight is 373 g/mol. The largest absolute Gasteiger partial charge is 0.490 e. The minimum Gasteiger partial charge on any atom is -0.490 e. The Hall–Kier alpha value is -1.93. The van der Waals surface area contributed by atoms with Crippen LogP contribution in [0.3, 0.4) is 0 Å². The quantitative estimate of drug-likeness (QED) is 0.762. The molecule has 2 saturated heterocycles. The smallest absolute Gasteiger partial charge is 0.143 e. The molecular formula is C20H27N3O4. The normalized spacial score (nSPS) is 25.5. The molecule has 7 heteroatoms. The summed E-state index contributed by atoms with van der Waals surface area (Å²) in [6.45, 7) is 2.98. The van der Waals surface area contributed by atoms with Gasteiger partial charge in [0.2, 0.25) is 0 Å². The standard InChI is InChI=1S/C20H27N3O4/c24-8-5-17-13-22-12-15(11-16(22)14-27-17)23-7-6-21-20(23)18-3-1-2-4-19(18)26-10-9-25/h1-4,6-7,15-17,24-25H,5,8-14H2/t15-,16-,17-/m0/s1. The minimum atomic E-state index is -0.0168. The summed E-state index contributed by atoms with van der Waals surface area (Å²) in [5.41, 5.74) is 0.940. The van der Waals surface area contributed by atoms with Crippen LogP contribution >= 0.6 is 0 Å². The summed E-state index contributed by atoms with van der Waals surface area (Å²) in [6.07, 6.45) is 5.71. The topological polar surface area (TPSA) is 80.0 Å². The maximum absolute atomic E-state index is 9.17. The number of imidazole rings is 1. The first kappa shape index (κ1) is 18.4. The number of aliphatic hydroxyl groups is 2. The van der Waals surface area contributed by atoms with Crippen molar-refractivity contribution in [3.63, 3.8) is 0 Å². The number of nitrogens with zero attached hydrogens (tertiary/aromatic N) is 3. The molecule has 3 atom stereocenters. The molecular weight excluding hydrogens is 346 g/mol. The maximum Gasteiger partial charge on any atom is 0.143 e. The van der Waals surface area contributed by atoms with E-state index in [0.29, 0.717) is 18.5 Å². The van der Waals surface area contributed by atoms with Gasteiger partial charge in [-0.15, -0.1) is 0 Å². The van der Waals surface area contributed by atoms with Crippen molar-refractivity contribution < 1.29 is 19.7 Å². The van der Waals surface area contributed by atoms with Gasteiger partial charge in [0.25, 0.3) is 0 Å². The lowest BCUT2D eigenvalue weighted by atomic mass is 10.1. The second kappa shape index (κ2) is 8.39. The highest BCUT2D eigenvalue weighted by Gasteiger charge is 2.38. The van der Waals surface area contributed by atoms with E-state index in [1.54, 1.807) is 0 Å². The molecule has 2 N–H and O–H groups in total. The number of morpholine rings is 1. The highest BCUT2D eigenvalue weighted by atomic mass is 16.5. The molecule has 2 aromatic rings. The van der Waals surface area contributed by atoms with Crippen molar-refractivity contribution in [2.75, 3.05) is 39.5 Å². The van der Waals surface area contributed by atoms with Crippen LogP contribution in [0.4, 0.5) is 0 Å². The third kappa shape index (κ3) is 3.87. The van der Waals surface area contributed by atoms with Crippen molar-refractivity contribution in [1.82, 2.24) is 14.5 Å². The van der Waals surface area contributed by atoms with Crippen molar-refractivity contribution >= 4 is 0 Å². The predicted octanol–water partition coefficient (Wildman–Crippen LogP) is 1.32. The van der Waals surface area contributed by atoms with Crippen LogP contribution in [0.1, 0.15) is 18.9 Å². The SMILES string of the molecule is OCCOc1ccccc1-c1nccn1[C@H]1C[C@H]2CO[C@@H](CCO)CN2C1. The number of ether oxygens (including phenoxy) is 2. The number of hydrogen-bond donors (Lipinski definition) is 2. The Kier molecular flexibility index (Phi) is 5.73. The molecule has 146 valence electrons. The molecule has 3 heterocycles. The van der Waals surface area contributed by atoms with Gasteiger partial charge in [-0.3, -0.25) is 4.90 Å². The van der Waals surface area contributed by atoms with Gasteiger partial charge in [-0.1, -0.05) is 12.1 Å². The van der Waals surface area contributed by atoms with E-state index in [2.05, 4.69) is 14.5 Å². The zero-order valence-corrected chi connectivity index (χ0v) is 15.4. The van der Waals surface area contributed by atoms with E-state index in [-0.39, 0.29) is 25.9 Å². The molecule has 7 nitrogen and oxygen atoms in total. The molecule has 1 aromatic carbocycles. The van der Waals surface area contributed by atoms with Gasteiger partial charge >= 0.3 is 0 Å². The van der Waals surface area contributed by atoms with Crippen LogP contribution in [0.2, 0.25) is 0 Å². The van der Waals surface area contributed by atoms with Crippen LogP contribution in [0, 0.1) is 0 Å². The van der Waals surface area contributed by atoms with Gasteiger partial charge in [-0.25, -0.2) is 4.98 Å². The first-order valence-electron chi connectivity index (χ1n) is 9.62. The Balaban J connectivity index is 1.54. The van der Waals surface area contributed by atoms with Gasteiger partial charge in [0.05, 0.1) is 24.9 Å². The third-order valence-electron chi connectivity index (χ3n) is 5.46. The molecule has 0 bridgehead atoms. The Morgan fingerprint density at radius 3 is 2.89 bits per heavy atom. The second-order valence-corrected chi connectivity index (χ2v) is 7.19. The van der Waals surface area contributed by atoms with Crippen LogP contribution in [0.5, 0.6) is 5.75 Å². The summed E-state index contributed by atoms with van der Waals surface area (Å²) < 4.78 is 13.8. The number of aromatic nitrogens is 2. The molecule has 0 aliphatic carbocycles. The van der Waals surface area contributed by atoms with Gasteiger partial charge in [-0.05, 0) is 25.0 Å². The number of aliphatic hydroxyl groups excluding tert-OH is 2. The number of para-hydroxylation sites is 1. The second-order valence-electron chi connectivity index (χ2n) is 7.19. The monoisotopic (exact) mass is 373 g/mol. The summed E-state index contributed by atoms with van der Waals surface area (Å²) in [5.74, 6) is 1.63. The third-order valence-corrected chi connectivity index (χ3v) is 5.46. The molecule has 2 aliphatic rings. The van der Waals surface area contributed by atoms with Crippen LogP contribution in [0.25, 0.3) is 11.4 Å². The molecule has 0 radical (unpaired) electrons. The van der Waals surface area contributed by atoms with Gasteiger partial charge < -0.3 is 24.3 Å². The Morgan fingerprint density at radius 2 is 2.04 bits per heavy atom. The molecule has 2 aliphatic heterocycles. The van der Waals surface area contributed by atoms with Crippen LogP contribution in [0.15, 0.2) is 36.7 Å². The average Bonchev–Trinajstić information content (AvgIpc) is 3.33. The number of fused-ring (bicyclic) bond motifs is 1. The molecule has 0 spiro atoms. The van der Waals surface area contributed by atoms with Crippen molar-refractivity contribution in [1.29, 1.82) is 0 Å². The van der Waals surface area contributed by atoms with Gasteiger partial charge in [0.1, 0.15) is 18.2 Å². The summed E-state index contributed by atoms with van der Waals surface area (Å²) in [6, 6.07) is 8.57. The lowest BCUT2D eigenvalue weighted by molar-refractivity contribution is -0.0567. The zero-order valence-electron chi connectivity index (χ0n) is 15.4. The molecule has 2 fully saturated rings. The number of rotatable bonds is 7. The molecule has 4 rings (SSSR count). The van der Waals surface area contributed by atoms with E-state index in [1.807, 2.05) is 36.7 Å². The Bertz CT molecular complexity index is 750. The highest BCUT2D eigenvalue weighted by molar-refractivity contribution is 5.64. The van der Waals surface area contributed by atoms with Crippen LogP contribution in [-0.2, 0) is 4.74 Å². The fraction of sp³-hybridized carbons (Fsp3) is 0.550. The minimum absolute atomic E-state index is 0.0168. The van der Waals surface area contributed by atoms with E-state index in [1.165, 1.54) is 0 Å². The van der Waals surface area contributed by atoms with Crippen LogP contribution < -0.4 is 4.74 Å². The van der Waals surface area contributed by atoms with E-state index >= 15 is 0 Å². The first-order chi connectivity index (χ1) is 13.3. The van der Waals surface area contributed by atoms with Gasteiger partial charge in [0.15, 0.2) is 0 Å². The summed E-state index contributed by atoms with van der Waals surface area (Å²) in [5, 5.41) is 18.2. The Morgan fingerprint density at radius 1 is 1.15 bits per heavy atom. The molecule has 0 saturated carbocycles. The lowest BCUT2D eigenvalue weighted by Gasteiger charge is -2.34. The molecule has 1 aromatic heterocycles. The Labute approximate surface area is 159 Å². The zero-order chi connectivity index (χ0) is 18.6. The van der Waals surface area contributed by atoms with E-state index in [9.17, 15) is 5.11 Å². The summed E-state index contributed by atoms with van der Waals surface area (Å²) >= 11 is 0. The fourth-order valence-corrected chi connectivity index (χ4v) is 4.19. The summed E-state index contributed by atoms with van der Waals surface area (Å²) in [4.78, 5) is 7.08. The van der Waals surface area contributed by atoms with Crippen molar-refractivity contribution in [2.24, 2.45) is 0 Å². The van der Waals surface area contributed by atoms with Gasteiger partial charge in [0, 0.05) is 44.2 Å². The number of hydrogen-bond acceptors (Lipinski definition) is 6. The number of benzene rings is 1.